The lowest BCUT2D eigenvalue weighted by Crippen LogP contribution is -2.31. The zero-order chi connectivity index (χ0) is 23.7. The van der Waals surface area contributed by atoms with E-state index in [9.17, 15) is 9.18 Å². The van der Waals surface area contributed by atoms with Gasteiger partial charge < -0.3 is 15.4 Å². The number of rotatable bonds is 5. The minimum absolute atomic E-state index is 0.305. The van der Waals surface area contributed by atoms with Crippen LogP contribution in [0.5, 0.6) is 5.75 Å². The summed E-state index contributed by atoms with van der Waals surface area (Å²) >= 11 is 0. The van der Waals surface area contributed by atoms with Gasteiger partial charge in [-0.1, -0.05) is 12.1 Å². The summed E-state index contributed by atoms with van der Waals surface area (Å²) in [7, 11) is 1.55. The fraction of sp³-hybridized carbons (Fsp3) is 0.120. The van der Waals surface area contributed by atoms with Crippen LogP contribution in [0.4, 0.5) is 16.0 Å². The summed E-state index contributed by atoms with van der Waals surface area (Å²) in [6.07, 6.45) is 3.33. The molecule has 0 radical (unpaired) electrons. The molecule has 1 atom stereocenters. The highest BCUT2D eigenvalue weighted by Crippen LogP contribution is 2.37. The predicted octanol–water partition coefficient (Wildman–Crippen LogP) is 4.42. The highest BCUT2D eigenvalue weighted by atomic mass is 19.1. The molecule has 2 aromatic heterocycles. The second-order valence-corrected chi connectivity index (χ2v) is 7.71. The Balaban J connectivity index is 1.58. The lowest BCUT2D eigenvalue weighted by molar-refractivity contribution is -0.113. The number of hydrogen-bond acceptors (Lipinski definition) is 6. The number of benzene rings is 2. The SMILES string of the molecule is COc1ccccc1NC(=O)C1=C(C)Nc2nc(-c3ccc(F)cc3)nn2[C@H]1c1ccncc1. The number of nitrogens with zero attached hydrogens (tertiary/aromatic N) is 4. The van der Waals surface area contributed by atoms with Crippen LogP contribution < -0.4 is 15.4 Å². The molecule has 0 aliphatic carbocycles. The monoisotopic (exact) mass is 456 g/mol. The van der Waals surface area contributed by atoms with Crippen LogP contribution in [-0.4, -0.2) is 32.8 Å². The molecule has 0 saturated carbocycles. The van der Waals surface area contributed by atoms with Gasteiger partial charge in [-0.15, -0.1) is 5.10 Å². The lowest BCUT2D eigenvalue weighted by atomic mass is 9.96. The first-order valence-electron chi connectivity index (χ1n) is 10.6. The summed E-state index contributed by atoms with van der Waals surface area (Å²) in [5.41, 5.74) is 3.15. The van der Waals surface area contributed by atoms with Crippen LogP contribution in [0.2, 0.25) is 0 Å². The van der Waals surface area contributed by atoms with Crippen molar-refractivity contribution >= 4 is 17.5 Å². The van der Waals surface area contributed by atoms with Gasteiger partial charge in [0.2, 0.25) is 5.95 Å². The van der Waals surface area contributed by atoms with E-state index in [1.54, 1.807) is 48.5 Å². The first kappa shape index (κ1) is 21.3. The highest BCUT2D eigenvalue weighted by molar-refractivity contribution is 6.06. The maximum absolute atomic E-state index is 13.6. The van der Waals surface area contributed by atoms with Gasteiger partial charge in [-0.05, 0) is 61.0 Å². The summed E-state index contributed by atoms with van der Waals surface area (Å²) in [5, 5.41) is 10.8. The largest absolute Gasteiger partial charge is 0.495 e. The summed E-state index contributed by atoms with van der Waals surface area (Å²) in [6, 6.07) is 16.3. The van der Waals surface area contributed by atoms with Crippen LogP contribution in [0.1, 0.15) is 18.5 Å². The van der Waals surface area contributed by atoms with E-state index in [2.05, 4.69) is 25.7 Å². The molecule has 4 aromatic rings. The number of carbonyl (C=O) groups excluding carboxylic acids is 1. The fourth-order valence-corrected chi connectivity index (χ4v) is 3.96. The van der Waals surface area contributed by atoms with Crippen LogP contribution in [0.15, 0.2) is 84.3 Å². The number of para-hydroxylation sites is 2. The number of pyridine rings is 1. The number of methoxy groups -OCH3 is 1. The molecule has 1 aliphatic heterocycles. The summed E-state index contributed by atoms with van der Waals surface area (Å²) in [5.74, 6) is 0.806. The third-order valence-electron chi connectivity index (χ3n) is 5.58. The van der Waals surface area contributed by atoms with Gasteiger partial charge in [-0.2, -0.15) is 4.98 Å². The molecule has 8 nitrogen and oxygen atoms in total. The number of halogens is 1. The molecule has 0 saturated heterocycles. The van der Waals surface area contributed by atoms with Crippen molar-refractivity contribution in [3.8, 4) is 17.1 Å². The third-order valence-corrected chi connectivity index (χ3v) is 5.58. The number of carbonyl (C=O) groups is 1. The molecule has 1 amide bonds. The van der Waals surface area contributed by atoms with Gasteiger partial charge in [0, 0.05) is 23.7 Å². The zero-order valence-corrected chi connectivity index (χ0v) is 18.5. The Morgan fingerprint density at radius 1 is 1.09 bits per heavy atom. The number of hydrogen-bond donors (Lipinski definition) is 2. The first-order valence-corrected chi connectivity index (χ1v) is 10.6. The number of ether oxygens (including phenoxy) is 1. The van der Waals surface area contributed by atoms with Crippen molar-refractivity contribution in [2.75, 3.05) is 17.7 Å². The van der Waals surface area contributed by atoms with Gasteiger partial charge >= 0.3 is 0 Å². The Kier molecular flexibility index (Phi) is 5.51. The molecule has 0 spiro atoms. The molecule has 2 N–H and O–H groups in total. The number of nitrogens with one attached hydrogen (secondary N) is 2. The normalized spacial score (nSPS) is 14.9. The summed E-state index contributed by atoms with van der Waals surface area (Å²) in [6.45, 7) is 1.82. The second kappa shape index (κ2) is 8.78. The maximum atomic E-state index is 13.6. The van der Waals surface area contributed by atoms with Crippen LogP contribution in [0, 0.1) is 5.82 Å². The third kappa shape index (κ3) is 3.88. The van der Waals surface area contributed by atoms with E-state index in [0.717, 1.165) is 5.56 Å². The maximum Gasteiger partial charge on any atom is 0.255 e. The van der Waals surface area contributed by atoms with Gasteiger partial charge in [0.05, 0.1) is 18.4 Å². The number of allylic oxidation sites excluding steroid dienone is 1. The van der Waals surface area contributed by atoms with E-state index in [-0.39, 0.29) is 11.7 Å². The number of anilines is 2. The second-order valence-electron chi connectivity index (χ2n) is 7.71. The predicted molar refractivity (Wildman–Crippen MR) is 126 cm³/mol. The Bertz CT molecular complexity index is 1380. The molecular formula is C25H21FN6O2. The average molecular weight is 456 g/mol. The van der Waals surface area contributed by atoms with Crippen molar-refractivity contribution in [2.24, 2.45) is 0 Å². The molecule has 0 bridgehead atoms. The van der Waals surface area contributed by atoms with Crippen LogP contribution in [0.3, 0.4) is 0 Å². The Morgan fingerprint density at radius 3 is 2.56 bits per heavy atom. The van der Waals surface area contributed by atoms with Crippen molar-refractivity contribution in [2.45, 2.75) is 13.0 Å². The van der Waals surface area contributed by atoms with Crippen molar-refractivity contribution in [1.29, 1.82) is 0 Å². The van der Waals surface area contributed by atoms with Crippen molar-refractivity contribution < 1.29 is 13.9 Å². The van der Waals surface area contributed by atoms with Crippen molar-refractivity contribution in [3.63, 3.8) is 0 Å². The zero-order valence-electron chi connectivity index (χ0n) is 18.5. The van der Waals surface area contributed by atoms with Gasteiger partial charge in [-0.3, -0.25) is 9.78 Å². The van der Waals surface area contributed by atoms with Gasteiger partial charge in [0.1, 0.15) is 17.6 Å². The minimum Gasteiger partial charge on any atom is -0.495 e. The standard InChI is InChI=1S/C25H21FN6O2/c1-15-21(24(33)29-19-5-3-4-6-20(19)34-2)22(16-11-13-27-14-12-16)32-25(28-15)30-23(31-32)17-7-9-18(26)10-8-17/h3-14,22H,1-2H3,(H,29,33)(H,28,30,31)/t22-/m0/s1. The van der Waals surface area contributed by atoms with Crippen LogP contribution in [0.25, 0.3) is 11.4 Å². The Hall–Kier alpha value is -4.53. The number of fused-ring (bicyclic) bond motifs is 1. The molecule has 3 heterocycles. The topological polar surface area (TPSA) is 94.0 Å². The molecule has 34 heavy (non-hydrogen) atoms. The number of amides is 1. The quantitative estimate of drug-likeness (QED) is 0.462. The van der Waals surface area contributed by atoms with E-state index in [1.165, 1.54) is 12.1 Å². The highest BCUT2D eigenvalue weighted by Gasteiger charge is 2.34. The van der Waals surface area contributed by atoms with Crippen molar-refractivity contribution in [1.82, 2.24) is 19.7 Å². The average Bonchev–Trinajstić information content (AvgIpc) is 3.28. The fourth-order valence-electron chi connectivity index (χ4n) is 3.96. The number of aromatic nitrogens is 4. The molecule has 5 rings (SSSR count). The molecular weight excluding hydrogens is 435 g/mol. The smallest absolute Gasteiger partial charge is 0.255 e. The minimum atomic E-state index is -0.560. The van der Waals surface area contributed by atoms with Crippen LogP contribution >= 0.6 is 0 Å². The molecule has 170 valence electrons. The van der Waals surface area contributed by atoms with E-state index >= 15 is 0 Å². The van der Waals surface area contributed by atoms with E-state index < -0.39 is 6.04 Å². The Morgan fingerprint density at radius 2 is 1.82 bits per heavy atom. The summed E-state index contributed by atoms with van der Waals surface area (Å²) in [4.78, 5) is 22.3. The molecule has 2 aromatic carbocycles. The van der Waals surface area contributed by atoms with Crippen molar-refractivity contribution in [3.05, 3.63) is 95.7 Å². The molecule has 0 unspecified atom stereocenters. The van der Waals surface area contributed by atoms with Crippen LogP contribution in [-0.2, 0) is 4.79 Å². The molecule has 1 aliphatic rings. The van der Waals surface area contributed by atoms with E-state index in [1.807, 2.05) is 31.2 Å². The first-order chi connectivity index (χ1) is 16.5. The van der Waals surface area contributed by atoms with Gasteiger partial charge in [0.25, 0.3) is 5.91 Å². The van der Waals surface area contributed by atoms with E-state index in [4.69, 9.17) is 4.74 Å². The van der Waals surface area contributed by atoms with Gasteiger partial charge in [-0.25, -0.2) is 9.07 Å². The van der Waals surface area contributed by atoms with Gasteiger partial charge in [0.15, 0.2) is 5.82 Å². The summed E-state index contributed by atoms with van der Waals surface area (Å²) < 4.78 is 20.5. The molecule has 9 heteroatoms. The lowest BCUT2D eigenvalue weighted by Gasteiger charge is -2.28. The Labute approximate surface area is 195 Å². The molecule has 0 fully saturated rings. The van der Waals surface area contributed by atoms with E-state index in [0.29, 0.717) is 40.0 Å².